The van der Waals surface area contributed by atoms with Gasteiger partial charge in [0.1, 0.15) is 5.82 Å². The van der Waals surface area contributed by atoms with Crippen molar-refractivity contribution in [2.45, 2.75) is 18.6 Å². The number of amides is 1. The molecular weight excluding hydrogens is 391 g/mol. The van der Waals surface area contributed by atoms with Gasteiger partial charge in [-0.1, -0.05) is 29.8 Å². The topological polar surface area (TPSA) is 66.5 Å². The van der Waals surface area contributed by atoms with Crippen LogP contribution in [0.1, 0.15) is 18.4 Å². The summed E-state index contributed by atoms with van der Waals surface area (Å²) >= 11 is 5.92. The summed E-state index contributed by atoms with van der Waals surface area (Å²) in [5.41, 5.74) is 1.10. The molecule has 0 unspecified atom stereocenters. The minimum absolute atomic E-state index is 0.135. The highest BCUT2D eigenvalue weighted by Gasteiger charge is 2.32. The monoisotopic (exact) mass is 410 g/mol. The molecule has 2 aromatic carbocycles. The number of sulfonamides is 1. The van der Waals surface area contributed by atoms with Gasteiger partial charge >= 0.3 is 0 Å². The molecule has 0 aromatic heterocycles. The van der Waals surface area contributed by atoms with E-state index in [0.717, 1.165) is 0 Å². The molecule has 2 aromatic rings. The summed E-state index contributed by atoms with van der Waals surface area (Å²) in [6.07, 6.45) is 1.23. The van der Waals surface area contributed by atoms with Crippen LogP contribution in [-0.4, -0.2) is 31.7 Å². The smallest absolute Gasteiger partial charge is 0.228 e. The van der Waals surface area contributed by atoms with Crippen molar-refractivity contribution in [3.8, 4) is 0 Å². The maximum atomic E-state index is 13.0. The van der Waals surface area contributed by atoms with Crippen LogP contribution in [0.4, 0.5) is 10.1 Å². The van der Waals surface area contributed by atoms with E-state index in [-0.39, 0.29) is 18.2 Å². The van der Waals surface area contributed by atoms with Gasteiger partial charge in [-0.05, 0) is 48.7 Å². The molecule has 0 spiro atoms. The predicted octanol–water partition coefficient (Wildman–Crippen LogP) is 3.66. The molecule has 27 heavy (non-hydrogen) atoms. The number of nitrogens with one attached hydrogen (secondary N) is 1. The van der Waals surface area contributed by atoms with Crippen LogP contribution in [0.25, 0.3) is 0 Å². The van der Waals surface area contributed by atoms with Crippen molar-refractivity contribution < 1.29 is 17.6 Å². The lowest BCUT2D eigenvalue weighted by atomic mass is 9.99. The first kappa shape index (κ1) is 19.8. The second-order valence-electron chi connectivity index (χ2n) is 6.58. The Balaban J connectivity index is 1.65. The number of benzene rings is 2. The molecule has 1 atom stereocenters. The van der Waals surface area contributed by atoms with E-state index in [4.69, 9.17) is 11.6 Å². The van der Waals surface area contributed by atoms with Crippen molar-refractivity contribution in [1.82, 2.24) is 4.31 Å². The second-order valence-corrected chi connectivity index (χ2v) is 8.98. The Bertz CT molecular complexity index is 919. The third-order valence-electron chi connectivity index (χ3n) is 4.50. The van der Waals surface area contributed by atoms with Gasteiger partial charge in [0, 0.05) is 23.8 Å². The van der Waals surface area contributed by atoms with Crippen molar-refractivity contribution in [2.24, 2.45) is 5.92 Å². The van der Waals surface area contributed by atoms with Crippen LogP contribution in [0.5, 0.6) is 0 Å². The number of carbonyl (C=O) groups is 1. The van der Waals surface area contributed by atoms with E-state index in [2.05, 4.69) is 5.32 Å². The zero-order valence-electron chi connectivity index (χ0n) is 14.6. The third kappa shape index (κ3) is 5.28. The molecule has 3 rings (SSSR count). The molecule has 1 aliphatic heterocycles. The normalized spacial score (nSPS) is 18.2. The number of nitrogens with zero attached hydrogens (tertiary/aromatic N) is 1. The number of halogens is 2. The lowest BCUT2D eigenvalue weighted by Gasteiger charge is -2.31. The van der Waals surface area contributed by atoms with E-state index < -0.39 is 21.8 Å². The average molecular weight is 411 g/mol. The minimum Gasteiger partial charge on any atom is -0.326 e. The van der Waals surface area contributed by atoms with Crippen molar-refractivity contribution in [1.29, 1.82) is 0 Å². The Hall–Kier alpha value is -1.96. The molecule has 1 amide bonds. The Kier molecular flexibility index (Phi) is 6.14. The summed E-state index contributed by atoms with van der Waals surface area (Å²) in [4.78, 5) is 12.5. The fraction of sp³-hybridized carbons (Fsp3) is 0.316. The van der Waals surface area contributed by atoms with Crippen LogP contribution in [0, 0.1) is 11.7 Å². The molecular formula is C19H20ClFN2O3S. The maximum Gasteiger partial charge on any atom is 0.228 e. The zero-order chi connectivity index (χ0) is 19.4. The zero-order valence-corrected chi connectivity index (χ0v) is 16.1. The number of carbonyl (C=O) groups excluding carboxylic acids is 1. The third-order valence-corrected chi connectivity index (χ3v) is 6.55. The number of rotatable bonds is 5. The SMILES string of the molecule is O=C(Nc1cccc(Cl)c1)[C@@H]1CCCN(S(=O)(=O)Cc2ccc(F)cc2)C1. The molecule has 0 bridgehead atoms. The summed E-state index contributed by atoms with van der Waals surface area (Å²) in [5, 5.41) is 3.31. The quantitative estimate of drug-likeness (QED) is 0.818. The van der Waals surface area contributed by atoms with E-state index >= 15 is 0 Å². The van der Waals surface area contributed by atoms with Crippen molar-refractivity contribution in [3.63, 3.8) is 0 Å². The molecule has 144 valence electrons. The number of anilines is 1. The van der Waals surface area contributed by atoms with E-state index in [0.29, 0.717) is 35.7 Å². The van der Waals surface area contributed by atoms with Crippen LogP contribution < -0.4 is 5.32 Å². The molecule has 8 heteroatoms. The standard InChI is InChI=1S/C19H20ClFN2O3S/c20-16-4-1-5-18(11-16)22-19(24)15-3-2-10-23(12-15)27(25,26)13-14-6-8-17(21)9-7-14/h1,4-9,11,15H,2-3,10,12-13H2,(H,22,24)/t15-/m1/s1. The lowest BCUT2D eigenvalue weighted by Crippen LogP contribution is -2.44. The van der Waals surface area contributed by atoms with Gasteiger partial charge in [-0.15, -0.1) is 0 Å². The summed E-state index contributed by atoms with van der Waals surface area (Å²) in [6.45, 7) is 0.514. The summed E-state index contributed by atoms with van der Waals surface area (Å²) in [6, 6.07) is 12.2. The van der Waals surface area contributed by atoms with Gasteiger partial charge in [0.15, 0.2) is 0 Å². The van der Waals surface area contributed by atoms with E-state index in [1.54, 1.807) is 24.3 Å². The van der Waals surface area contributed by atoms with E-state index in [9.17, 15) is 17.6 Å². The Morgan fingerprint density at radius 3 is 2.67 bits per heavy atom. The fourth-order valence-corrected chi connectivity index (χ4v) is 4.90. The average Bonchev–Trinajstić information content (AvgIpc) is 2.63. The van der Waals surface area contributed by atoms with Crippen LogP contribution >= 0.6 is 11.6 Å². The first-order valence-electron chi connectivity index (χ1n) is 8.62. The Morgan fingerprint density at radius 1 is 1.22 bits per heavy atom. The summed E-state index contributed by atoms with van der Waals surface area (Å²) in [5.74, 6) is -1.28. The first-order valence-corrected chi connectivity index (χ1v) is 10.6. The first-order chi connectivity index (χ1) is 12.8. The largest absolute Gasteiger partial charge is 0.326 e. The van der Waals surface area contributed by atoms with Gasteiger partial charge in [0.25, 0.3) is 0 Å². The molecule has 0 radical (unpaired) electrons. The van der Waals surface area contributed by atoms with Crippen LogP contribution in [0.2, 0.25) is 5.02 Å². The Morgan fingerprint density at radius 2 is 1.96 bits per heavy atom. The number of piperidine rings is 1. The minimum atomic E-state index is -3.59. The number of hydrogen-bond acceptors (Lipinski definition) is 3. The van der Waals surface area contributed by atoms with Gasteiger partial charge in [-0.3, -0.25) is 4.79 Å². The highest BCUT2D eigenvalue weighted by Crippen LogP contribution is 2.23. The number of hydrogen-bond donors (Lipinski definition) is 1. The molecule has 1 N–H and O–H groups in total. The van der Waals surface area contributed by atoms with Crippen LogP contribution in [0.3, 0.4) is 0 Å². The van der Waals surface area contributed by atoms with Gasteiger partial charge in [0.05, 0.1) is 11.7 Å². The molecule has 1 saturated heterocycles. The second kappa shape index (κ2) is 8.37. The van der Waals surface area contributed by atoms with Crippen molar-refractivity contribution >= 4 is 33.2 Å². The van der Waals surface area contributed by atoms with Gasteiger partial charge in [0.2, 0.25) is 15.9 Å². The van der Waals surface area contributed by atoms with Crippen molar-refractivity contribution in [3.05, 3.63) is 64.9 Å². The molecule has 0 saturated carbocycles. The molecule has 1 heterocycles. The molecule has 5 nitrogen and oxygen atoms in total. The predicted molar refractivity (Wildman–Crippen MR) is 103 cm³/mol. The van der Waals surface area contributed by atoms with E-state index in [1.807, 2.05) is 0 Å². The molecule has 1 aliphatic rings. The van der Waals surface area contributed by atoms with Crippen LogP contribution in [0.15, 0.2) is 48.5 Å². The fourth-order valence-electron chi connectivity index (χ4n) is 3.10. The summed E-state index contributed by atoms with van der Waals surface area (Å²) in [7, 11) is -3.59. The molecule has 0 aliphatic carbocycles. The van der Waals surface area contributed by atoms with Gasteiger partial charge < -0.3 is 5.32 Å². The highest BCUT2D eigenvalue weighted by molar-refractivity contribution is 7.88. The van der Waals surface area contributed by atoms with E-state index in [1.165, 1.54) is 28.6 Å². The Labute approximate surface area is 163 Å². The summed E-state index contributed by atoms with van der Waals surface area (Å²) < 4.78 is 39.7. The van der Waals surface area contributed by atoms with Gasteiger partial charge in [-0.2, -0.15) is 0 Å². The van der Waals surface area contributed by atoms with Crippen LogP contribution in [-0.2, 0) is 20.6 Å². The van der Waals surface area contributed by atoms with Crippen molar-refractivity contribution in [2.75, 3.05) is 18.4 Å². The van der Waals surface area contributed by atoms with Gasteiger partial charge in [-0.25, -0.2) is 17.1 Å². The lowest BCUT2D eigenvalue weighted by molar-refractivity contribution is -0.120. The molecule has 1 fully saturated rings. The highest BCUT2D eigenvalue weighted by atomic mass is 35.5. The maximum absolute atomic E-state index is 13.0.